The molecule has 2 aromatic rings. The van der Waals surface area contributed by atoms with E-state index in [1.807, 2.05) is 26.0 Å². The van der Waals surface area contributed by atoms with Gasteiger partial charge in [-0.05, 0) is 56.9 Å². The molecule has 5 nitrogen and oxygen atoms in total. The van der Waals surface area contributed by atoms with E-state index in [1.165, 1.54) is 6.42 Å². The number of carbonyl (C=O) groups is 1. The van der Waals surface area contributed by atoms with Crippen LogP contribution in [0.25, 0.3) is 0 Å². The summed E-state index contributed by atoms with van der Waals surface area (Å²) in [5.74, 6) is 0.395. The number of benzene rings is 1. The van der Waals surface area contributed by atoms with Crippen LogP contribution in [-0.4, -0.2) is 29.0 Å². The number of aryl methyl sites for hydroxylation is 1. The molecule has 6 heteroatoms. The lowest BCUT2D eigenvalue weighted by atomic mass is 10.1. The summed E-state index contributed by atoms with van der Waals surface area (Å²) in [7, 11) is 0. The Kier molecular flexibility index (Phi) is 5.00. The predicted molar refractivity (Wildman–Crippen MR) is 97.0 cm³/mol. The number of aromatic nitrogens is 2. The van der Waals surface area contributed by atoms with Crippen molar-refractivity contribution in [3.8, 4) is 0 Å². The van der Waals surface area contributed by atoms with Crippen molar-refractivity contribution in [1.29, 1.82) is 0 Å². The van der Waals surface area contributed by atoms with Gasteiger partial charge in [0.25, 0.3) is 5.91 Å². The third-order valence-electron chi connectivity index (χ3n) is 4.23. The highest BCUT2D eigenvalue weighted by atomic mass is 35.5. The first kappa shape index (κ1) is 16.7. The molecule has 1 aromatic heterocycles. The molecule has 0 spiro atoms. The highest BCUT2D eigenvalue weighted by Crippen LogP contribution is 2.23. The number of hydrogen-bond acceptors (Lipinski definition) is 4. The molecule has 1 aliphatic rings. The Labute approximate surface area is 147 Å². The van der Waals surface area contributed by atoms with E-state index in [1.54, 1.807) is 12.1 Å². The standard InChI is InChI=1S/C18H21ClN4O/c1-12-11-16(22-18(20-12)23-9-4-3-5-10-23)17(24)21-15-8-6-7-14(19)13(15)2/h6-8,11H,3-5,9-10H2,1-2H3,(H,21,24). The molecule has 0 aliphatic carbocycles. The van der Waals surface area contributed by atoms with Crippen molar-refractivity contribution in [2.75, 3.05) is 23.3 Å². The van der Waals surface area contributed by atoms with E-state index in [0.29, 0.717) is 22.4 Å². The first-order valence-corrected chi connectivity index (χ1v) is 8.59. The van der Waals surface area contributed by atoms with E-state index >= 15 is 0 Å². The van der Waals surface area contributed by atoms with Crippen molar-refractivity contribution in [2.45, 2.75) is 33.1 Å². The molecule has 1 saturated heterocycles. The van der Waals surface area contributed by atoms with Crippen molar-refractivity contribution in [1.82, 2.24) is 9.97 Å². The number of rotatable bonds is 3. The average Bonchev–Trinajstić information content (AvgIpc) is 2.59. The van der Waals surface area contributed by atoms with Gasteiger partial charge in [0.15, 0.2) is 0 Å². The largest absolute Gasteiger partial charge is 0.341 e. The highest BCUT2D eigenvalue weighted by Gasteiger charge is 2.17. The maximum atomic E-state index is 12.6. The number of nitrogens with one attached hydrogen (secondary N) is 1. The summed E-state index contributed by atoms with van der Waals surface area (Å²) in [6.45, 7) is 5.65. The predicted octanol–water partition coefficient (Wildman–Crippen LogP) is 3.99. The summed E-state index contributed by atoms with van der Waals surface area (Å²) >= 11 is 6.11. The third-order valence-corrected chi connectivity index (χ3v) is 4.64. The maximum Gasteiger partial charge on any atom is 0.274 e. The fourth-order valence-electron chi connectivity index (χ4n) is 2.83. The van der Waals surface area contributed by atoms with E-state index in [4.69, 9.17) is 11.6 Å². The molecule has 1 fully saturated rings. The minimum absolute atomic E-state index is 0.246. The Balaban J connectivity index is 1.84. The Morgan fingerprint density at radius 3 is 2.67 bits per heavy atom. The summed E-state index contributed by atoms with van der Waals surface area (Å²) in [6.07, 6.45) is 3.52. The quantitative estimate of drug-likeness (QED) is 0.914. The van der Waals surface area contributed by atoms with Crippen LogP contribution in [0, 0.1) is 13.8 Å². The monoisotopic (exact) mass is 344 g/mol. The number of carbonyl (C=O) groups excluding carboxylic acids is 1. The third kappa shape index (κ3) is 3.67. The van der Waals surface area contributed by atoms with Gasteiger partial charge in [-0.25, -0.2) is 9.97 Å². The van der Waals surface area contributed by atoms with Crippen LogP contribution in [0.5, 0.6) is 0 Å². The normalized spacial score (nSPS) is 14.5. The number of amides is 1. The zero-order valence-electron chi connectivity index (χ0n) is 14.0. The van der Waals surface area contributed by atoms with Crippen molar-refractivity contribution in [2.24, 2.45) is 0 Å². The number of nitrogens with zero attached hydrogens (tertiary/aromatic N) is 3. The second-order valence-electron chi connectivity index (χ2n) is 6.11. The lowest BCUT2D eigenvalue weighted by Gasteiger charge is -2.27. The molecule has 0 saturated carbocycles. The average molecular weight is 345 g/mol. The van der Waals surface area contributed by atoms with Crippen LogP contribution in [0.15, 0.2) is 24.3 Å². The van der Waals surface area contributed by atoms with Crippen molar-refractivity contribution in [3.05, 3.63) is 46.2 Å². The van der Waals surface area contributed by atoms with E-state index in [9.17, 15) is 4.79 Å². The van der Waals surface area contributed by atoms with Gasteiger partial charge < -0.3 is 10.2 Å². The molecule has 0 atom stereocenters. The maximum absolute atomic E-state index is 12.6. The molecule has 0 radical (unpaired) electrons. The minimum Gasteiger partial charge on any atom is -0.341 e. The second kappa shape index (κ2) is 7.18. The summed E-state index contributed by atoms with van der Waals surface area (Å²) in [5.41, 5.74) is 2.71. The van der Waals surface area contributed by atoms with Crippen LogP contribution in [0.4, 0.5) is 11.6 Å². The topological polar surface area (TPSA) is 58.1 Å². The number of anilines is 2. The van der Waals surface area contributed by atoms with E-state index < -0.39 is 0 Å². The zero-order chi connectivity index (χ0) is 17.1. The fourth-order valence-corrected chi connectivity index (χ4v) is 3.01. The summed E-state index contributed by atoms with van der Waals surface area (Å²) in [4.78, 5) is 23.7. The van der Waals surface area contributed by atoms with Gasteiger partial charge in [-0.15, -0.1) is 0 Å². The molecule has 3 rings (SSSR count). The molecular weight excluding hydrogens is 324 g/mol. The lowest BCUT2D eigenvalue weighted by molar-refractivity contribution is 0.102. The molecule has 1 N–H and O–H groups in total. The summed E-state index contributed by atoms with van der Waals surface area (Å²) < 4.78 is 0. The minimum atomic E-state index is -0.246. The second-order valence-corrected chi connectivity index (χ2v) is 6.52. The van der Waals surface area contributed by atoms with Gasteiger partial charge in [-0.3, -0.25) is 4.79 Å². The SMILES string of the molecule is Cc1cc(C(=O)Nc2cccc(Cl)c2C)nc(N2CCCCC2)n1. The van der Waals surface area contributed by atoms with Crippen molar-refractivity contribution in [3.63, 3.8) is 0 Å². The van der Waals surface area contributed by atoms with Crippen LogP contribution in [0.2, 0.25) is 5.02 Å². The van der Waals surface area contributed by atoms with Crippen LogP contribution in [0.1, 0.15) is 41.0 Å². The number of piperidine rings is 1. The Morgan fingerprint density at radius 2 is 1.92 bits per heavy atom. The molecule has 1 amide bonds. The first-order valence-electron chi connectivity index (χ1n) is 8.21. The Bertz CT molecular complexity index is 757. The van der Waals surface area contributed by atoms with Crippen LogP contribution >= 0.6 is 11.6 Å². The molecule has 0 unspecified atom stereocenters. The summed E-state index contributed by atoms with van der Waals surface area (Å²) in [5, 5.41) is 3.52. The van der Waals surface area contributed by atoms with Crippen LogP contribution in [-0.2, 0) is 0 Å². The number of halogens is 1. The van der Waals surface area contributed by atoms with E-state index in [-0.39, 0.29) is 5.91 Å². The molecule has 1 aromatic carbocycles. The Morgan fingerprint density at radius 1 is 1.17 bits per heavy atom. The smallest absolute Gasteiger partial charge is 0.274 e. The van der Waals surface area contributed by atoms with Gasteiger partial charge >= 0.3 is 0 Å². The number of hydrogen-bond donors (Lipinski definition) is 1. The van der Waals surface area contributed by atoms with Gasteiger partial charge in [-0.2, -0.15) is 0 Å². The first-order chi connectivity index (χ1) is 11.5. The van der Waals surface area contributed by atoms with Gasteiger partial charge in [0.2, 0.25) is 5.95 Å². The molecule has 2 heterocycles. The molecular formula is C18H21ClN4O. The van der Waals surface area contributed by atoms with Crippen LogP contribution < -0.4 is 10.2 Å². The summed E-state index contributed by atoms with van der Waals surface area (Å²) in [6, 6.07) is 7.16. The van der Waals surface area contributed by atoms with Gasteiger partial charge in [0.05, 0.1) is 0 Å². The molecule has 0 bridgehead atoms. The van der Waals surface area contributed by atoms with Crippen molar-refractivity contribution < 1.29 is 4.79 Å². The van der Waals surface area contributed by atoms with E-state index in [2.05, 4.69) is 20.2 Å². The molecule has 126 valence electrons. The molecule has 24 heavy (non-hydrogen) atoms. The van der Waals surface area contributed by atoms with Gasteiger partial charge in [0.1, 0.15) is 5.69 Å². The van der Waals surface area contributed by atoms with Crippen molar-refractivity contribution >= 4 is 29.1 Å². The van der Waals surface area contributed by atoms with Gasteiger partial charge in [-0.1, -0.05) is 17.7 Å². The highest BCUT2D eigenvalue weighted by molar-refractivity contribution is 6.31. The zero-order valence-corrected chi connectivity index (χ0v) is 14.7. The van der Waals surface area contributed by atoms with Crippen LogP contribution in [0.3, 0.4) is 0 Å². The van der Waals surface area contributed by atoms with E-state index in [0.717, 1.165) is 37.2 Å². The fraction of sp³-hybridized carbons (Fsp3) is 0.389. The molecule has 1 aliphatic heterocycles. The van der Waals surface area contributed by atoms with Gasteiger partial charge in [0, 0.05) is 29.5 Å². The Hall–Kier alpha value is -2.14. The lowest BCUT2D eigenvalue weighted by Crippen LogP contribution is -2.31.